The van der Waals surface area contributed by atoms with E-state index in [0.717, 1.165) is 60.0 Å². The summed E-state index contributed by atoms with van der Waals surface area (Å²) in [6.45, 7) is 4.26. The Kier molecular flexibility index (Phi) is 3.89. The summed E-state index contributed by atoms with van der Waals surface area (Å²) in [6, 6.07) is 14.2. The van der Waals surface area contributed by atoms with Crippen LogP contribution in [0.3, 0.4) is 0 Å². The first-order chi connectivity index (χ1) is 13.3. The molecule has 0 N–H and O–H groups in total. The molecule has 27 heavy (non-hydrogen) atoms. The van der Waals surface area contributed by atoms with Gasteiger partial charge < -0.3 is 9.32 Å². The molecule has 0 saturated heterocycles. The van der Waals surface area contributed by atoms with Gasteiger partial charge in [0, 0.05) is 41.4 Å². The number of fused-ring (bicyclic) bond motifs is 2. The van der Waals surface area contributed by atoms with E-state index in [9.17, 15) is 4.79 Å². The molecule has 1 aromatic heterocycles. The minimum Gasteiger partial charge on any atom is -0.422 e. The van der Waals surface area contributed by atoms with Gasteiger partial charge >= 0.3 is 5.63 Å². The molecule has 0 saturated carbocycles. The quantitative estimate of drug-likeness (QED) is 0.609. The molecule has 5 rings (SSSR count). The van der Waals surface area contributed by atoms with Crippen molar-refractivity contribution in [1.82, 2.24) is 0 Å². The summed E-state index contributed by atoms with van der Waals surface area (Å²) in [6.07, 6.45) is 6.50. The van der Waals surface area contributed by atoms with Crippen LogP contribution in [-0.2, 0) is 12.8 Å². The van der Waals surface area contributed by atoms with Crippen LogP contribution >= 0.6 is 0 Å². The molecule has 0 amide bonds. The van der Waals surface area contributed by atoms with Crippen LogP contribution in [0.2, 0.25) is 0 Å². The third kappa shape index (κ3) is 2.61. The van der Waals surface area contributed by atoms with Crippen LogP contribution in [0.5, 0.6) is 0 Å². The molecule has 3 nitrogen and oxygen atoms in total. The van der Waals surface area contributed by atoms with Gasteiger partial charge in [-0.1, -0.05) is 36.4 Å². The third-order valence-corrected chi connectivity index (χ3v) is 5.89. The van der Waals surface area contributed by atoms with Gasteiger partial charge in [0.2, 0.25) is 0 Å². The smallest absolute Gasteiger partial charge is 0.336 e. The van der Waals surface area contributed by atoms with Crippen LogP contribution in [0.25, 0.3) is 16.5 Å². The van der Waals surface area contributed by atoms with Gasteiger partial charge in [-0.3, -0.25) is 0 Å². The Morgan fingerprint density at radius 2 is 1.85 bits per heavy atom. The summed E-state index contributed by atoms with van der Waals surface area (Å²) in [5, 5.41) is 1.07. The van der Waals surface area contributed by atoms with E-state index >= 15 is 0 Å². The van der Waals surface area contributed by atoms with E-state index in [4.69, 9.17) is 4.42 Å². The van der Waals surface area contributed by atoms with Crippen molar-refractivity contribution >= 4 is 22.2 Å². The Hall–Kier alpha value is -2.81. The van der Waals surface area contributed by atoms with Crippen molar-refractivity contribution in [2.75, 3.05) is 18.0 Å². The first kappa shape index (κ1) is 16.4. The first-order valence-electron chi connectivity index (χ1n) is 9.86. The second kappa shape index (κ2) is 6.41. The molecule has 0 aliphatic carbocycles. The maximum Gasteiger partial charge on any atom is 0.336 e. The van der Waals surface area contributed by atoms with Crippen LogP contribution in [0.15, 0.2) is 57.8 Å². The highest BCUT2D eigenvalue weighted by molar-refractivity contribution is 5.99. The number of nitrogens with zero attached hydrogens (tertiary/aromatic N) is 1. The van der Waals surface area contributed by atoms with Crippen LogP contribution < -0.4 is 10.5 Å². The van der Waals surface area contributed by atoms with Crippen molar-refractivity contribution in [3.8, 4) is 0 Å². The lowest BCUT2D eigenvalue weighted by Crippen LogP contribution is -2.34. The normalized spacial score (nSPS) is 16.5. The van der Waals surface area contributed by atoms with Crippen LogP contribution in [0.4, 0.5) is 5.69 Å². The molecule has 0 fully saturated rings. The molecular weight excluding hydrogens is 334 g/mol. The molecule has 3 aromatic rings. The molecule has 0 atom stereocenters. The number of hydrogen-bond acceptors (Lipinski definition) is 3. The molecule has 0 unspecified atom stereocenters. The average Bonchev–Trinajstić information content (AvgIpc) is 2.70. The van der Waals surface area contributed by atoms with Crippen LogP contribution in [0.1, 0.15) is 42.0 Å². The second-order valence-electron chi connectivity index (χ2n) is 7.48. The summed E-state index contributed by atoms with van der Waals surface area (Å²) < 4.78 is 5.79. The predicted molar refractivity (Wildman–Crippen MR) is 111 cm³/mol. The average molecular weight is 357 g/mol. The number of allylic oxidation sites excluding steroid dienone is 1. The summed E-state index contributed by atoms with van der Waals surface area (Å²) >= 11 is 0. The lowest BCUT2D eigenvalue weighted by Gasteiger charge is -2.37. The highest BCUT2D eigenvalue weighted by Gasteiger charge is 2.28. The SMILES string of the molecule is C/C=C(/c1ccccc1)c1cc(=O)oc2c3c4c(cc12)CCCN4CCC3. The lowest BCUT2D eigenvalue weighted by molar-refractivity contribution is 0.549. The molecule has 136 valence electrons. The molecule has 0 bridgehead atoms. The fourth-order valence-electron chi connectivity index (χ4n) is 4.79. The van der Waals surface area contributed by atoms with Gasteiger partial charge in [0.15, 0.2) is 0 Å². The van der Waals surface area contributed by atoms with Gasteiger partial charge in [0.1, 0.15) is 5.58 Å². The summed E-state index contributed by atoms with van der Waals surface area (Å²) in [5.41, 5.74) is 7.69. The minimum atomic E-state index is -0.267. The molecule has 3 heteroatoms. The van der Waals surface area contributed by atoms with E-state index in [1.807, 2.05) is 25.1 Å². The highest BCUT2D eigenvalue weighted by atomic mass is 16.4. The zero-order valence-electron chi connectivity index (χ0n) is 15.6. The van der Waals surface area contributed by atoms with Crippen molar-refractivity contribution in [2.45, 2.75) is 32.6 Å². The van der Waals surface area contributed by atoms with E-state index in [1.165, 1.54) is 23.2 Å². The van der Waals surface area contributed by atoms with Crippen molar-refractivity contribution in [3.05, 3.63) is 81.2 Å². The number of anilines is 1. The van der Waals surface area contributed by atoms with Gasteiger partial charge in [-0.15, -0.1) is 0 Å². The summed E-state index contributed by atoms with van der Waals surface area (Å²) in [7, 11) is 0. The number of aryl methyl sites for hydroxylation is 2. The summed E-state index contributed by atoms with van der Waals surface area (Å²) in [4.78, 5) is 15.0. The van der Waals surface area contributed by atoms with Gasteiger partial charge in [-0.25, -0.2) is 4.79 Å². The third-order valence-electron chi connectivity index (χ3n) is 5.89. The maximum atomic E-state index is 12.5. The molecular formula is C24H23NO2. The standard InChI is InChI=1S/C24H23NO2/c1-2-18(16-8-4-3-5-9-16)20-15-22(26)27-24-19-11-7-13-25-12-6-10-17(23(19)25)14-21(20)24/h2-5,8-9,14-15H,6-7,10-13H2,1H3/b18-2-. The topological polar surface area (TPSA) is 33.5 Å². The first-order valence-corrected chi connectivity index (χ1v) is 9.86. The van der Waals surface area contributed by atoms with Gasteiger partial charge in [0.05, 0.1) is 0 Å². The molecule has 0 spiro atoms. The lowest BCUT2D eigenvalue weighted by atomic mass is 9.87. The molecule has 2 aromatic carbocycles. The Balaban J connectivity index is 1.83. The van der Waals surface area contributed by atoms with Gasteiger partial charge in [-0.2, -0.15) is 0 Å². The molecule has 2 aliphatic heterocycles. The maximum absolute atomic E-state index is 12.5. The van der Waals surface area contributed by atoms with Crippen molar-refractivity contribution in [1.29, 1.82) is 0 Å². The number of rotatable bonds is 2. The second-order valence-corrected chi connectivity index (χ2v) is 7.48. The van der Waals surface area contributed by atoms with Crippen LogP contribution in [-0.4, -0.2) is 13.1 Å². The zero-order chi connectivity index (χ0) is 18.4. The monoisotopic (exact) mass is 357 g/mol. The van der Waals surface area contributed by atoms with E-state index in [2.05, 4.69) is 29.2 Å². The largest absolute Gasteiger partial charge is 0.422 e. The fraction of sp³-hybridized carbons (Fsp3) is 0.292. The summed E-state index contributed by atoms with van der Waals surface area (Å²) in [5.74, 6) is 0. The Bertz CT molecular complexity index is 1110. The number of benzene rings is 2. The van der Waals surface area contributed by atoms with E-state index < -0.39 is 0 Å². The van der Waals surface area contributed by atoms with Gasteiger partial charge in [-0.05, 0) is 55.4 Å². The van der Waals surface area contributed by atoms with E-state index in [-0.39, 0.29) is 5.63 Å². The number of hydrogen-bond donors (Lipinski definition) is 0. The van der Waals surface area contributed by atoms with E-state index in [1.54, 1.807) is 6.07 Å². The Labute approximate surface area is 158 Å². The molecule has 2 aliphatic rings. The minimum absolute atomic E-state index is 0.267. The van der Waals surface area contributed by atoms with Crippen molar-refractivity contribution in [3.63, 3.8) is 0 Å². The van der Waals surface area contributed by atoms with Crippen LogP contribution in [0, 0.1) is 0 Å². The van der Waals surface area contributed by atoms with Gasteiger partial charge in [0.25, 0.3) is 0 Å². The van der Waals surface area contributed by atoms with Crippen molar-refractivity contribution in [2.24, 2.45) is 0 Å². The predicted octanol–water partition coefficient (Wildman–Crippen LogP) is 4.94. The van der Waals surface area contributed by atoms with E-state index in [0.29, 0.717) is 0 Å². The highest BCUT2D eigenvalue weighted by Crippen LogP contribution is 2.41. The molecule has 0 radical (unpaired) electrons. The van der Waals surface area contributed by atoms with Crippen molar-refractivity contribution < 1.29 is 4.42 Å². The fourth-order valence-corrected chi connectivity index (χ4v) is 4.79. The zero-order valence-corrected chi connectivity index (χ0v) is 15.6. The Morgan fingerprint density at radius 3 is 2.63 bits per heavy atom. The molecule has 3 heterocycles. The Morgan fingerprint density at radius 1 is 1.07 bits per heavy atom.